The molecule has 18 heavy (non-hydrogen) atoms. The second-order valence-corrected chi connectivity index (χ2v) is 4.52. The third-order valence-corrected chi connectivity index (χ3v) is 3.35. The lowest BCUT2D eigenvalue weighted by Crippen LogP contribution is -2.40. The van der Waals surface area contributed by atoms with Crippen molar-refractivity contribution < 1.29 is 19.1 Å². The quantitative estimate of drug-likeness (QED) is 0.888. The number of likely N-dealkylation sites (tertiary alicyclic amines) is 1. The van der Waals surface area contributed by atoms with Gasteiger partial charge in [-0.25, -0.2) is 0 Å². The standard InChI is InChI=1S/C13H17NO4/c1-2-10-3-4-11(18-10)12(15)14-7-5-9(6-8-14)13(16)17/h3-4,9H,2,5-8H2,1H3,(H,16,17). The molecule has 1 fully saturated rings. The summed E-state index contributed by atoms with van der Waals surface area (Å²) >= 11 is 0. The average molecular weight is 251 g/mol. The molecule has 98 valence electrons. The molecule has 0 saturated carbocycles. The largest absolute Gasteiger partial charge is 0.481 e. The Kier molecular flexibility index (Phi) is 3.69. The van der Waals surface area contributed by atoms with Gasteiger partial charge in [-0.15, -0.1) is 0 Å². The first kappa shape index (κ1) is 12.7. The lowest BCUT2D eigenvalue weighted by atomic mass is 9.97. The lowest BCUT2D eigenvalue weighted by molar-refractivity contribution is -0.143. The van der Waals surface area contributed by atoms with E-state index < -0.39 is 5.97 Å². The molecule has 5 heteroatoms. The summed E-state index contributed by atoms with van der Waals surface area (Å²) in [6, 6.07) is 3.49. The van der Waals surface area contributed by atoms with E-state index >= 15 is 0 Å². The molecule has 1 aromatic rings. The number of carboxylic acid groups (broad SMARTS) is 1. The summed E-state index contributed by atoms with van der Waals surface area (Å²) in [5.74, 6) is -0.0943. The number of piperidine rings is 1. The Morgan fingerprint density at radius 2 is 2.06 bits per heavy atom. The van der Waals surface area contributed by atoms with Crippen molar-refractivity contribution in [2.45, 2.75) is 26.2 Å². The van der Waals surface area contributed by atoms with Crippen molar-refractivity contribution in [2.24, 2.45) is 5.92 Å². The molecule has 0 aromatic carbocycles. The van der Waals surface area contributed by atoms with Gasteiger partial charge in [-0.1, -0.05) is 6.92 Å². The second-order valence-electron chi connectivity index (χ2n) is 4.52. The van der Waals surface area contributed by atoms with Crippen molar-refractivity contribution in [3.05, 3.63) is 23.7 Å². The van der Waals surface area contributed by atoms with E-state index in [0.29, 0.717) is 31.7 Å². The predicted molar refractivity (Wildman–Crippen MR) is 64.3 cm³/mol. The number of amides is 1. The van der Waals surface area contributed by atoms with Gasteiger partial charge >= 0.3 is 5.97 Å². The molecule has 1 N–H and O–H groups in total. The molecule has 1 aliphatic rings. The van der Waals surface area contributed by atoms with Crippen LogP contribution in [0.15, 0.2) is 16.5 Å². The van der Waals surface area contributed by atoms with Crippen molar-refractivity contribution in [3.63, 3.8) is 0 Å². The van der Waals surface area contributed by atoms with Crippen LogP contribution in [0.1, 0.15) is 36.1 Å². The number of nitrogens with zero attached hydrogens (tertiary/aromatic N) is 1. The van der Waals surface area contributed by atoms with Gasteiger partial charge in [0.05, 0.1) is 5.92 Å². The van der Waals surface area contributed by atoms with Gasteiger partial charge in [0.25, 0.3) is 5.91 Å². The van der Waals surface area contributed by atoms with E-state index in [1.54, 1.807) is 17.0 Å². The molecule has 1 aromatic heterocycles. The van der Waals surface area contributed by atoms with Crippen molar-refractivity contribution in [1.82, 2.24) is 4.90 Å². The summed E-state index contributed by atoms with van der Waals surface area (Å²) in [4.78, 5) is 24.6. The van der Waals surface area contributed by atoms with Gasteiger partial charge in [-0.05, 0) is 25.0 Å². The average Bonchev–Trinajstić information content (AvgIpc) is 2.86. The number of carbonyl (C=O) groups is 2. The number of hydrogen-bond donors (Lipinski definition) is 1. The first-order valence-corrected chi connectivity index (χ1v) is 6.22. The minimum Gasteiger partial charge on any atom is -0.481 e. The lowest BCUT2D eigenvalue weighted by Gasteiger charge is -2.29. The van der Waals surface area contributed by atoms with Gasteiger partial charge < -0.3 is 14.4 Å². The van der Waals surface area contributed by atoms with Crippen LogP contribution < -0.4 is 0 Å². The zero-order valence-corrected chi connectivity index (χ0v) is 10.4. The van der Waals surface area contributed by atoms with Crippen LogP contribution in [-0.2, 0) is 11.2 Å². The van der Waals surface area contributed by atoms with Gasteiger partial charge in [-0.2, -0.15) is 0 Å². The first-order valence-electron chi connectivity index (χ1n) is 6.22. The maximum Gasteiger partial charge on any atom is 0.306 e. The molecule has 2 rings (SSSR count). The third kappa shape index (κ3) is 2.55. The van der Waals surface area contributed by atoms with Gasteiger partial charge in [0.2, 0.25) is 0 Å². The Morgan fingerprint density at radius 1 is 1.39 bits per heavy atom. The van der Waals surface area contributed by atoms with Crippen LogP contribution in [0, 0.1) is 5.92 Å². The van der Waals surface area contributed by atoms with E-state index in [1.165, 1.54) is 0 Å². The number of aliphatic carboxylic acids is 1. The number of carboxylic acids is 1. The second kappa shape index (κ2) is 5.25. The Morgan fingerprint density at radius 3 is 2.56 bits per heavy atom. The Hall–Kier alpha value is -1.78. The van der Waals surface area contributed by atoms with Crippen LogP contribution in [0.2, 0.25) is 0 Å². The minimum absolute atomic E-state index is 0.140. The number of hydrogen-bond acceptors (Lipinski definition) is 3. The first-order chi connectivity index (χ1) is 8.61. The Balaban J connectivity index is 1.97. The fourth-order valence-electron chi connectivity index (χ4n) is 2.17. The SMILES string of the molecule is CCc1ccc(C(=O)N2CCC(C(=O)O)CC2)o1. The zero-order chi connectivity index (χ0) is 13.1. The third-order valence-electron chi connectivity index (χ3n) is 3.35. The highest BCUT2D eigenvalue weighted by Gasteiger charge is 2.28. The Bertz CT molecular complexity index is 444. The van der Waals surface area contributed by atoms with E-state index in [1.807, 2.05) is 6.92 Å². The highest BCUT2D eigenvalue weighted by atomic mass is 16.4. The van der Waals surface area contributed by atoms with Gasteiger partial charge in [-0.3, -0.25) is 9.59 Å². The summed E-state index contributed by atoms with van der Waals surface area (Å²) in [7, 11) is 0. The van der Waals surface area contributed by atoms with Crippen LogP contribution in [0.4, 0.5) is 0 Å². The molecule has 0 aliphatic carbocycles. The zero-order valence-electron chi connectivity index (χ0n) is 10.4. The van der Waals surface area contributed by atoms with E-state index in [2.05, 4.69) is 0 Å². The number of furan rings is 1. The van der Waals surface area contributed by atoms with Crippen LogP contribution in [0.25, 0.3) is 0 Å². The van der Waals surface area contributed by atoms with Crippen LogP contribution in [0.5, 0.6) is 0 Å². The topological polar surface area (TPSA) is 70.8 Å². The smallest absolute Gasteiger partial charge is 0.306 e. The van der Waals surface area contributed by atoms with E-state index in [9.17, 15) is 9.59 Å². The molecule has 0 radical (unpaired) electrons. The van der Waals surface area contributed by atoms with Crippen molar-refractivity contribution in [1.29, 1.82) is 0 Å². The number of rotatable bonds is 3. The molecule has 0 spiro atoms. The monoisotopic (exact) mass is 251 g/mol. The molecule has 5 nitrogen and oxygen atoms in total. The molecule has 0 unspecified atom stereocenters. The van der Waals surface area contributed by atoms with Crippen LogP contribution >= 0.6 is 0 Å². The molecule has 0 bridgehead atoms. The molecular weight excluding hydrogens is 234 g/mol. The van der Waals surface area contributed by atoms with Crippen molar-refractivity contribution in [2.75, 3.05) is 13.1 Å². The summed E-state index contributed by atoms with van der Waals surface area (Å²) in [5, 5.41) is 8.89. The van der Waals surface area contributed by atoms with E-state index in [0.717, 1.165) is 12.2 Å². The molecule has 1 saturated heterocycles. The molecule has 1 aliphatic heterocycles. The van der Waals surface area contributed by atoms with Gasteiger partial charge in [0.15, 0.2) is 5.76 Å². The molecule has 1 amide bonds. The molecule has 0 atom stereocenters. The van der Waals surface area contributed by atoms with E-state index in [-0.39, 0.29) is 11.8 Å². The summed E-state index contributed by atoms with van der Waals surface area (Å²) in [6.45, 7) is 2.93. The summed E-state index contributed by atoms with van der Waals surface area (Å²) < 4.78 is 5.41. The highest BCUT2D eigenvalue weighted by molar-refractivity contribution is 5.91. The Labute approximate surface area is 105 Å². The normalized spacial score (nSPS) is 16.8. The van der Waals surface area contributed by atoms with Crippen molar-refractivity contribution in [3.8, 4) is 0 Å². The fraction of sp³-hybridized carbons (Fsp3) is 0.538. The predicted octanol–water partition coefficient (Wildman–Crippen LogP) is 1.78. The van der Waals surface area contributed by atoms with Gasteiger partial charge in [0, 0.05) is 19.5 Å². The van der Waals surface area contributed by atoms with Crippen molar-refractivity contribution >= 4 is 11.9 Å². The molecule has 2 heterocycles. The van der Waals surface area contributed by atoms with Crippen LogP contribution in [0.3, 0.4) is 0 Å². The summed E-state index contributed by atoms with van der Waals surface area (Å²) in [6.07, 6.45) is 1.79. The number of aryl methyl sites for hydroxylation is 1. The minimum atomic E-state index is -0.770. The van der Waals surface area contributed by atoms with Crippen LogP contribution in [-0.4, -0.2) is 35.0 Å². The summed E-state index contributed by atoms with van der Waals surface area (Å²) in [5.41, 5.74) is 0. The van der Waals surface area contributed by atoms with E-state index in [4.69, 9.17) is 9.52 Å². The number of carbonyl (C=O) groups excluding carboxylic acids is 1. The maximum absolute atomic E-state index is 12.1. The highest BCUT2D eigenvalue weighted by Crippen LogP contribution is 2.20. The fourth-order valence-corrected chi connectivity index (χ4v) is 2.17. The van der Waals surface area contributed by atoms with Gasteiger partial charge in [0.1, 0.15) is 5.76 Å². The maximum atomic E-state index is 12.1. The molecular formula is C13H17NO4.